The Hall–Kier alpha value is -2.48. The van der Waals surface area contributed by atoms with Crippen molar-refractivity contribution in [3.63, 3.8) is 0 Å². The lowest BCUT2D eigenvalue weighted by Gasteiger charge is -2.32. The van der Waals surface area contributed by atoms with Crippen molar-refractivity contribution in [1.82, 2.24) is 4.90 Å². The van der Waals surface area contributed by atoms with E-state index in [-0.39, 0.29) is 18.0 Å². The standard InChI is InChI=1S/C15H19N3O5/c1-3-17-6-7-23-15(20)13(17)9-14(19)16-12-8-11(18(21)22)5-4-10(12)2/h4-5,8,13H,3,6-7,9H2,1-2H3,(H,16,19). The van der Waals surface area contributed by atoms with Crippen LogP contribution in [0, 0.1) is 17.0 Å². The van der Waals surface area contributed by atoms with Crippen LogP contribution in [0.5, 0.6) is 0 Å². The molecule has 1 heterocycles. The Kier molecular flexibility index (Phi) is 5.28. The molecule has 0 spiro atoms. The molecule has 0 aliphatic carbocycles. The summed E-state index contributed by atoms with van der Waals surface area (Å²) < 4.78 is 5.00. The first-order chi connectivity index (χ1) is 10.9. The van der Waals surface area contributed by atoms with Gasteiger partial charge in [-0.1, -0.05) is 13.0 Å². The Morgan fingerprint density at radius 1 is 1.52 bits per heavy atom. The number of nitrogens with zero attached hydrogens (tertiary/aromatic N) is 2. The van der Waals surface area contributed by atoms with Gasteiger partial charge in [-0.05, 0) is 19.0 Å². The number of benzene rings is 1. The molecule has 1 N–H and O–H groups in total. The van der Waals surface area contributed by atoms with Crippen LogP contribution in [0.2, 0.25) is 0 Å². The summed E-state index contributed by atoms with van der Waals surface area (Å²) in [6.07, 6.45) is -0.0468. The van der Waals surface area contributed by atoms with E-state index in [4.69, 9.17) is 4.74 Å². The predicted octanol–water partition coefficient (Wildman–Crippen LogP) is 1.48. The normalized spacial score (nSPS) is 18.3. The van der Waals surface area contributed by atoms with Gasteiger partial charge in [-0.15, -0.1) is 0 Å². The minimum Gasteiger partial charge on any atom is -0.463 e. The van der Waals surface area contributed by atoms with Gasteiger partial charge in [0.05, 0.1) is 17.0 Å². The monoisotopic (exact) mass is 321 g/mol. The van der Waals surface area contributed by atoms with Gasteiger partial charge < -0.3 is 10.1 Å². The van der Waals surface area contributed by atoms with E-state index >= 15 is 0 Å². The number of carbonyl (C=O) groups is 2. The molecule has 1 atom stereocenters. The van der Waals surface area contributed by atoms with E-state index in [9.17, 15) is 19.7 Å². The van der Waals surface area contributed by atoms with Crippen LogP contribution in [0.15, 0.2) is 18.2 Å². The third-order valence-corrected chi connectivity index (χ3v) is 3.83. The molecule has 124 valence electrons. The number of ether oxygens (including phenoxy) is 1. The number of nitrogens with one attached hydrogen (secondary N) is 1. The first-order valence-electron chi connectivity index (χ1n) is 7.38. The molecule has 1 unspecified atom stereocenters. The average molecular weight is 321 g/mol. The van der Waals surface area contributed by atoms with Gasteiger partial charge in [0.1, 0.15) is 12.6 Å². The minimum atomic E-state index is -0.618. The number of cyclic esters (lactones) is 1. The summed E-state index contributed by atoms with van der Waals surface area (Å²) in [4.78, 5) is 36.2. The summed E-state index contributed by atoms with van der Waals surface area (Å²) in [6.45, 7) is 5.22. The third-order valence-electron chi connectivity index (χ3n) is 3.83. The zero-order valence-corrected chi connectivity index (χ0v) is 13.1. The predicted molar refractivity (Wildman–Crippen MR) is 83.1 cm³/mol. The molecule has 0 bridgehead atoms. The molecule has 1 fully saturated rings. The van der Waals surface area contributed by atoms with E-state index in [0.29, 0.717) is 30.9 Å². The largest absolute Gasteiger partial charge is 0.463 e. The summed E-state index contributed by atoms with van der Waals surface area (Å²) in [7, 11) is 0. The zero-order valence-electron chi connectivity index (χ0n) is 13.1. The number of aryl methyl sites for hydroxylation is 1. The number of carbonyl (C=O) groups excluding carboxylic acids is 2. The van der Waals surface area contributed by atoms with Gasteiger partial charge in [0.2, 0.25) is 5.91 Å². The number of rotatable bonds is 5. The molecule has 1 amide bonds. The molecule has 0 saturated carbocycles. The number of anilines is 1. The number of morpholine rings is 1. The molecule has 1 saturated heterocycles. The summed E-state index contributed by atoms with van der Waals surface area (Å²) >= 11 is 0. The lowest BCUT2D eigenvalue weighted by Crippen LogP contribution is -2.50. The SMILES string of the molecule is CCN1CCOC(=O)C1CC(=O)Nc1cc([N+](=O)[O-])ccc1C. The van der Waals surface area contributed by atoms with E-state index in [2.05, 4.69) is 5.32 Å². The van der Waals surface area contributed by atoms with Crippen LogP contribution in [-0.2, 0) is 14.3 Å². The number of non-ortho nitro benzene ring substituents is 1. The second kappa shape index (κ2) is 7.19. The molecule has 1 aliphatic rings. The Balaban J connectivity index is 2.08. The number of amides is 1. The minimum absolute atomic E-state index is 0.0468. The van der Waals surface area contributed by atoms with Crippen molar-refractivity contribution in [1.29, 1.82) is 0 Å². The maximum Gasteiger partial charge on any atom is 0.323 e. The van der Waals surface area contributed by atoms with Crippen molar-refractivity contribution in [3.8, 4) is 0 Å². The number of nitro benzene ring substituents is 1. The highest BCUT2D eigenvalue weighted by atomic mass is 16.6. The lowest BCUT2D eigenvalue weighted by atomic mass is 10.1. The fraction of sp³-hybridized carbons (Fsp3) is 0.467. The Morgan fingerprint density at radius 3 is 2.91 bits per heavy atom. The van der Waals surface area contributed by atoms with Gasteiger partial charge >= 0.3 is 5.97 Å². The molecule has 23 heavy (non-hydrogen) atoms. The van der Waals surface area contributed by atoms with Crippen molar-refractivity contribution in [2.75, 3.05) is 25.0 Å². The number of hydrogen-bond acceptors (Lipinski definition) is 6. The number of likely N-dealkylation sites (N-methyl/N-ethyl adjacent to an activating group) is 1. The second-order valence-corrected chi connectivity index (χ2v) is 5.32. The summed E-state index contributed by atoms with van der Waals surface area (Å²) in [5, 5.41) is 13.5. The number of hydrogen-bond donors (Lipinski definition) is 1. The Morgan fingerprint density at radius 2 is 2.26 bits per heavy atom. The Bertz CT molecular complexity index is 632. The molecule has 1 aromatic carbocycles. The van der Waals surface area contributed by atoms with Crippen LogP contribution in [0.3, 0.4) is 0 Å². The smallest absolute Gasteiger partial charge is 0.323 e. The molecule has 8 nitrogen and oxygen atoms in total. The number of esters is 1. The maximum absolute atomic E-state index is 12.2. The van der Waals surface area contributed by atoms with Crippen LogP contribution < -0.4 is 5.32 Å². The summed E-state index contributed by atoms with van der Waals surface area (Å²) in [5.74, 6) is -0.792. The van der Waals surface area contributed by atoms with Crippen LogP contribution in [0.4, 0.5) is 11.4 Å². The van der Waals surface area contributed by atoms with E-state index in [1.54, 1.807) is 13.0 Å². The van der Waals surface area contributed by atoms with Crippen LogP contribution in [0.25, 0.3) is 0 Å². The van der Waals surface area contributed by atoms with Crippen LogP contribution in [-0.4, -0.2) is 47.4 Å². The highest BCUT2D eigenvalue weighted by Crippen LogP contribution is 2.22. The summed E-state index contributed by atoms with van der Waals surface area (Å²) in [6, 6.07) is 3.64. The van der Waals surface area contributed by atoms with Gasteiger partial charge in [-0.3, -0.25) is 24.6 Å². The third kappa shape index (κ3) is 4.04. The van der Waals surface area contributed by atoms with Crippen molar-refractivity contribution in [2.24, 2.45) is 0 Å². The maximum atomic E-state index is 12.2. The number of nitro groups is 1. The molecule has 2 rings (SSSR count). The van der Waals surface area contributed by atoms with E-state index in [0.717, 1.165) is 0 Å². The van der Waals surface area contributed by atoms with Crippen molar-refractivity contribution >= 4 is 23.3 Å². The van der Waals surface area contributed by atoms with Gasteiger partial charge in [-0.25, -0.2) is 0 Å². The zero-order chi connectivity index (χ0) is 17.0. The van der Waals surface area contributed by atoms with E-state index in [1.165, 1.54) is 12.1 Å². The van der Waals surface area contributed by atoms with Gasteiger partial charge in [0.25, 0.3) is 5.69 Å². The van der Waals surface area contributed by atoms with E-state index < -0.39 is 16.9 Å². The van der Waals surface area contributed by atoms with Crippen LogP contribution >= 0.6 is 0 Å². The fourth-order valence-corrected chi connectivity index (χ4v) is 2.49. The molecule has 0 radical (unpaired) electrons. The quantitative estimate of drug-likeness (QED) is 0.501. The molecular formula is C15H19N3O5. The molecule has 1 aliphatic heterocycles. The molecule has 1 aromatic rings. The Labute approximate surface area is 133 Å². The van der Waals surface area contributed by atoms with E-state index in [1.807, 2.05) is 11.8 Å². The topological polar surface area (TPSA) is 102 Å². The fourth-order valence-electron chi connectivity index (χ4n) is 2.49. The van der Waals surface area contributed by atoms with Gasteiger partial charge in [0.15, 0.2) is 0 Å². The lowest BCUT2D eigenvalue weighted by molar-refractivity contribution is -0.384. The molecular weight excluding hydrogens is 302 g/mol. The van der Waals surface area contributed by atoms with Crippen molar-refractivity contribution in [3.05, 3.63) is 33.9 Å². The highest BCUT2D eigenvalue weighted by Gasteiger charge is 2.32. The molecule has 0 aromatic heterocycles. The van der Waals surface area contributed by atoms with Crippen molar-refractivity contribution < 1.29 is 19.2 Å². The first kappa shape index (κ1) is 16.9. The first-order valence-corrected chi connectivity index (χ1v) is 7.38. The summed E-state index contributed by atoms with van der Waals surface area (Å²) in [5.41, 5.74) is 0.983. The average Bonchev–Trinajstić information content (AvgIpc) is 2.51. The second-order valence-electron chi connectivity index (χ2n) is 5.32. The van der Waals surface area contributed by atoms with Gasteiger partial charge in [-0.2, -0.15) is 0 Å². The van der Waals surface area contributed by atoms with Crippen LogP contribution in [0.1, 0.15) is 18.9 Å². The highest BCUT2D eigenvalue weighted by molar-refractivity contribution is 5.95. The van der Waals surface area contributed by atoms with Crippen molar-refractivity contribution in [2.45, 2.75) is 26.3 Å². The molecule has 8 heteroatoms. The van der Waals surface area contributed by atoms with Gasteiger partial charge in [0, 0.05) is 18.7 Å².